The molecule has 1 heterocycles. The molecule has 0 atom stereocenters. The average molecular weight is 228 g/mol. The van der Waals surface area contributed by atoms with Gasteiger partial charge in [-0.3, -0.25) is 4.79 Å². The minimum absolute atomic E-state index is 0.181. The van der Waals surface area contributed by atoms with Crippen molar-refractivity contribution in [2.24, 2.45) is 0 Å². The summed E-state index contributed by atoms with van der Waals surface area (Å²) in [6, 6.07) is 11.1. The SMILES string of the molecule is N#CCC(=O)c1cccn1-c1cccc(F)c1. The van der Waals surface area contributed by atoms with Gasteiger partial charge in [-0.25, -0.2) is 4.39 Å². The van der Waals surface area contributed by atoms with Crippen LogP contribution in [-0.4, -0.2) is 10.4 Å². The van der Waals surface area contributed by atoms with Crippen molar-refractivity contribution in [2.45, 2.75) is 6.42 Å². The van der Waals surface area contributed by atoms with Crippen molar-refractivity contribution in [1.82, 2.24) is 4.57 Å². The molecule has 0 radical (unpaired) electrons. The Hall–Kier alpha value is -2.41. The van der Waals surface area contributed by atoms with Crippen LogP contribution in [0.15, 0.2) is 42.6 Å². The van der Waals surface area contributed by atoms with E-state index in [-0.39, 0.29) is 18.0 Å². The number of ketones is 1. The van der Waals surface area contributed by atoms with Gasteiger partial charge >= 0.3 is 0 Å². The molecule has 0 saturated heterocycles. The highest BCUT2D eigenvalue weighted by Crippen LogP contribution is 2.15. The fourth-order valence-corrected chi connectivity index (χ4v) is 1.62. The fraction of sp³-hybridized carbons (Fsp3) is 0.0769. The minimum atomic E-state index is -0.366. The first-order chi connectivity index (χ1) is 8.22. The summed E-state index contributed by atoms with van der Waals surface area (Å²) in [6.45, 7) is 0. The van der Waals surface area contributed by atoms with E-state index in [1.54, 1.807) is 35.0 Å². The molecule has 0 saturated carbocycles. The first-order valence-electron chi connectivity index (χ1n) is 5.06. The number of carbonyl (C=O) groups excluding carboxylic acids is 1. The number of nitrogens with zero attached hydrogens (tertiary/aromatic N) is 2. The molecule has 17 heavy (non-hydrogen) atoms. The summed E-state index contributed by atoms with van der Waals surface area (Å²) in [6.07, 6.45) is 1.48. The number of carbonyl (C=O) groups is 1. The molecule has 0 N–H and O–H groups in total. The van der Waals surface area contributed by atoms with Gasteiger partial charge < -0.3 is 4.57 Å². The Morgan fingerprint density at radius 3 is 2.88 bits per heavy atom. The molecule has 0 spiro atoms. The van der Waals surface area contributed by atoms with Crippen LogP contribution < -0.4 is 0 Å². The number of nitriles is 1. The van der Waals surface area contributed by atoms with Crippen LogP contribution in [0.3, 0.4) is 0 Å². The zero-order chi connectivity index (χ0) is 12.3. The van der Waals surface area contributed by atoms with E-state index in [1.807, 2.05) is 6.07 Å². The topological polar surface area (TPSA) is 45.8 Å². The van der Waals surface area contributed by atoms with Crippen molar-refractivity contribution < 1.29 is 9.18 Å². The maximum atomic E-state index is 13.1. The van der Waals surface area contributed by atoms with Gasteiger partial charge in [0.05, 0.1) is 11.8 Å². The summed E-state index contributed by atoms with van der Waals surface area (Å²) >= 11 is 0. The van der Waals surface area contributed by atoms with E-state index >= 15 is 0 Å². The second kappa shape index (κ2) is 4.62. The number of rotatable bonds is 3. The molecular formula is C13H9FN2O. The number of aromatic nitrogens is 1. The predicted molar refractivity (Wildman–Crippen MR) is 60.3 cm³/mol. The van der Waals surface area contributed by atoms with Crippen molar-refractivity contribution in [1.29, 1.82) is 5.26 Å². The van der Waals surface area contributed by atoms with Gasteiger partial charge in [0.2, 0.25) is 0 Å². The van der Waals surface area contributed by atoms with Crippen LogP contribution in [0, 0.1) is 17.1 Å². The third kappa shape index (κ3) is 2.23. The van der Waals surface area contributed by atoms with E-state index < -0.39 is 0 Å². The number of hydrogen-bond donors (Lipinski definition) is 0. The number of halogens is 1. The molecule has 0 aliphatic heterocycles. The highest BCUT2D eigenvalue weighted by molar-refractivity contribution is 5.96. The van der Waals surface area contributed by atoms with Crippen LogP contribution in [0.4, 0.5) is 4.39 Å². The van der Waals surface area contributed by atoms with Crippen molar-refractivity contribution in [3.05, 3.63) is 54.1 Å². The van der Waals surface area contributed by atoms with Crippen LogP contribution in [0.2, 0.25) is 0 Å². The Morgan fingerprint density at radius 1 is 1.35 bits per heavy atom. The van der Waals surface area contributed by atoms with Gasteiger partial charge in [0, 0.05) is 11.9 Å². The molecule has 3 nitrogen and oxygen atoms in total. The third-order valence-corrected chi connectivity index (χ3v) is 2.36. The zero-order valence-corrected chi connectivity index (χ0v) is 8.93. The smallest absolute Gasteiger partial charge is 0.193 e. The quantitative estimate of drug-likeness (QED) is 0.758. The highest BCUT2D eigenvalue weighted by Gasteiger charge is 2.11. The molecule has 0 aliphatic rings. The van der Waals surface area contributed by atoms with E-state index in [1.165, 1.54) is 12.1 Å². The molecule has 2 rings (SSSR count). The molecule has 0 aliphatic carbocycles. The normalized spacial score (nSPS) is 9.88. The van der Waals surface area contributed by atoms with E-state index in [4.69, 9.17) is 5.26 Å². The summed E-state index contributed by atoms with van der Waals surface area (Å²) in [7, 11) is 0. The first kappa shape index (κ1) is 11.1. The standard InChI is InChI=1S/C13H9FN2O/c14-10-3-1-4-11(9-10)16-8-2-5-12(16)13(17)6-7-15/h1-5,8-9H,6H2. The number of Topliss-reactive ketones (excluding diaryl/α,β-unsaturated/α-hetero) is 1. The lowest BCUT2D eigenvalue weighted by Crippen LogP contribution is -2.06. The van der Waals surface area contributed by atoms with Crippen LogP contribution in [-0.2, 0) is 0 Å². The van der Waals surface area contributed by atoms with Crippen molar-refractivity contribution >= 4 is 5.78 Å². The molecule has 0 unspecified atom stereocenters. The maximum absolute atomic E-state index is 13.1. The average Bonchev–Trinajstić information content (AvgIpc) is 2.78. The fourth-order valence-electron chi connectivity index (χ4n) is 1.62. The lowest BCUT2D eigenvalue weighted by Gasteiger charge is -2.07. The molecule has 1 aromatic carbocycles. The summed E-state index contributed by atoms with van der Waals surface area (Å²) in [5.74, 6) is -0.642. The zero-order valence-electron chi connectivity index (χ0n) is 8.93. The van der Waals surface area contributed by atoms with Crippen LogP contribution in [0.5, 0.6) is 0 Å². The Labute approximate surface area is 97.7 Å². The van der Waals surface area contributed by atoms with Gasteiger partial charge in [-0.15, -0.1) is 0 Å². The molecule has 0 fully saturated rings. The summed E-state index contributed by atoms with van der Waals surface area (Å²) in [4.78, 5) is 11.6. The van der Waals surface area contributed by atoms with E-state index in [0.717, 1.165) is 0 Å². The summed E-state index contributed by atoms with van der Waals surface area (Å²) < 4.78 is 14.7. The van der Waals surface area contributed by atoms with Crippen molar-refractivity contribution in [3.8, 4) is 11.8 Å². The van der Waals surface area contributed by atoms with Gasteiger partial charge in [-0.1, -0.05) is 6.07 Å². The minimum Gasteiger partial charge on any atom is -0.314 e. The van der Waals surface area contributed by atoms with E-state index in [2.05, 4.69) is 0 Å². The molecular weight excluding hydrogens is 219 g/mol. The third-order valence-electron chi connectivity index (χ3n) is 2.36. The second-order valence-corrected chi connectivity index (χ2v) is 3.50. The van der Waals surface area contributed by atoms with Crippen molar-refractivity contribution in [3.63, 3.8) is 0 Å². The Balaban J connectivity index is 2.44. The predicted octanol–water partition coefficient (Wildman–Crippen LogP) is 2.71. The molecule has 0 bridgehead atoms. The van der Waals surface area contributed by atoms with Gasteiger partial charge in [0.1, 0.15) is 12.2 Å². The summed E-state index contributed by atoms with van der Waals surface area (Å²) in [5, 5.41) is 8.50. The summed E-state index contributed by atoms with van der Waals surface area (Å²) in [5.41, 5.74) is 0.952. The van der Waals surface area contributed by atoms with E-state index in [9.17, 15) is 9.18 Å². The molecule has 4 heteroatoms. The number of benzene rings is 1. The van der Waals surface area contributed by atoms with Crippen LogP contribution in [0.1, 0.15) is 16.9 Å². The first-order valence-corrected chi connectivity index (χ1v) is 5.06. The van der Waals surface area contributed by atoms with Gasteiger partial charge in [-0.2, -0.15) is 5.26 Å². The molecule has 2 aromatic rings. The van der Waals surface area contributed by atoms with E-state index in [0.29, 0.717) is 11.4 Å². The maximum Gasteiger partial charge on any atom is 0.193 e. The Morgan fingerprint density at radius 2 is 2.18 bits per heavy atom. The molecule has 0 amide bonds. The van der Waals surface area contributed by atoms with Crippen LogP contribution >= 0.6 is 0 Å². The lowest BCUT2D eigenvalue weighted by atomic mass is 10.2. The van der Waals surface area contributed by atoms with Gasteiger partial charge in [0.15, 0.2) is 5.78 Å². The van der Waals surface area contributed by atoms with Gasteiger partial charge in [0.25, 0.3) is 0 Å². The Bertz CT molecular complexity index is 595. The second-order valence-electron chi connectivity index (χ2n) is 3.50. The highest BCUT2D eigenvalue weighted by atomic mass is 19.1. The largest absolute Gasteiger partial charge is 0.314 e. The Kier molecular flexibility index (Phi) is 3.01. The van der Waals surface area contributed by atoms with Gasteiger partial charge in [-0.05, 0) is 30.3 Å². The number of hydrogen-bond acceptors (Lipinski definition) is 2. The lowest BCUT2D eigenvalue weighted by molar-refractivity contribution is 0.0991. The monoisotopic (exact) mass is 228 g/mol. The van der Waals surface area contributed by atoms with Crippen molar-refractivity contribution in [2.75, 3.05) is 0 Å². The van der Waals surface area contributed by atoms with Crippen LogP contribution in [0.25, 0.3) is 5.69 Å². The molecule has 1 aromatic heterocycles. The molecule has 84 valence electrons.